The molecule has 2 aromatic rings. The zero-order valence-corrected chi connectivity index (χ0v) is 23.6. The number of hydrogen-bond acceptors (Lipinski definition) is 4. The minimum atomic E-state index is -0.848. The van der Waals surface area contributed by atoms with Crippen LogP contribution in [0.1, 0.15) is 106 Å². The van der Waals surface area contributed by atoms with Gasteiger partial charge in [0.15, 0.2) is 0 Å². The van der Waals surface area contributed by atoms with Gasteiger partial charge in [-0.05, 0) is 86.3 Å². The number of hydrogen-bond donors (Lipinski definition) is 3. The van der Waals surface area contributed by atoms with Gasteiger partial charge in [0.2, 0.25) is 0 Å². The Bertz CT molecular complexity index is 1090. The van der Waals surface area contributed by atoms with Gasteiger partial charge in [-0.15, -0.1) is 0 Å². The summed E-state index contributed by atoms with van der Waals surface area (Å²) in [4.78, 5) is 10.7. The fourth-order valence-electron chi connectivity index (χ4n) is 5.84. The van der Waals surface area contributed by atoms with E-state index in [-0.39, 0.29) is 18.4 Å². The van der Waals surface area contributed by atoms with E-state index in [1.54, 1.807) is 0 Å². The van der Waals surface area contributed by atoms with Gasteiger partial charge >= 0.3 is 5.97 Å². The van der Waals surface area contributed by atoms with E-state index in [2.05, 4.69) is 57.2 Å². The van der Waals surface area contributed by atoms with Crippen LogP contribution in [0.3, 0.4) is 0 Å². The highest BCUT2D eigenvalue weighted by atomic mass is 16.5. The second-order valence-corrected chi connectivity index (χ2v) is 11.1. The number of carboxylic acids is 1. The summed E-state index contributed by atoms with van der Waals surface area (Å²) in [6.45, 7) is 8.79. The number of aliphatic hydroxyl groups is 2. The van der Waals surface area contributed by atoms with Crippen molar-refractivity contribution >= 4 is 12.0 Å². The Labute approximate surface area is 228 Å². The first-order valence-corrected chi connectivity index (χ1v) is 14.3. The molecule has 0 spiro atoms. The molecular weight excluding hydrogens is 476 g/mol. The summed E-state index contributed by atoms with van der Waals surface area (Å²) in [7, 11) is 0. The maximum absolute atomic E-state index is 10.9. The number of aliphatic hydroxyl groups excluding tert-OH is 1. The van der Waals surface area contributed by atoms with E-state index in [4.69, 9.17) is 9.84 Å². The van der Waals surface area contributed by atoms with Gasteiger partial charge in [-0.1, -0.05) is 75.6 Å². The van der Waals surface area contributed by atoms with Crippen molar-refractivity contribution in [3.05, 3.63) is 70.3 Å². The molecule has 5 heteroatoms. The molecule has 208 valence electrons. The molecule has 2 aromatic carbocycles. The van der Waals surface area contributed by atoms with E-state index in [1.807, 2.05) is 19.1 Å². The Kier molecular flexibility index (Phi) is 10.6. The van der Waals surface area contributed by atoms with E-state index in [1.165, 1.54) is 23.1 Å². The van der Waals surface area contributed by atoms with Crippen molar-refractivity contribution in [2.24, 2.45) is 0 Å². The SMILES string of the molecule is CCC(CC)(c1ccc(/C=C/C2(O)CCCCC2)c(C)c1)c1ccc(OC[C@H](O)CCCC(=O)O)c(C)c1. The van der Waals surface area contributed by atoms with Crippen LogP contribution in [0, 0.1) is 13.8 Å². The lowest BCUT2D eigenvalue weighted by Gasteiger charge is -2.34. The molecule has 1 atom stereocenters. The average molecular weight is 523 g/mol. The first-order chi connectivity index (χ1) is 18.1. The molecule has 38 heavy (non-hydrogen) atoms. The van der Waals surface area contributed by atoms with E-state index in [9.17, 15) is 15.0 Å². The summed E-state index contributed by atoms with van der Waals surface area (Å²) in [5, 5.41) is 29.8. The molecule has 0 aromatic heterocycles. The van der Waals surface area contributed by atoms with Crippen molar-refractivity contribution < 1.29 is 24.9 Å². The smallest absolute Gasteiger partial charge is 0.303 e. The van der Waals surface area contributed by atoms with Crippen molar-refractivity contribution in [2.75, 3.05) is 6.61 Å². The van der Waals surface area contributed by atoms with Gasteiger partial charge in [-0.3, -0.25) is 4.79 Å². The largest absolute Gasteiger partial charge is 0.491 e. The Morgan fingerprint density at radius 1 is 1.03 bits per heavy atom. The van der Waals surface area contributed by atoms with Crippen LogP contribution in [0.25, 0.3) is 6.08 Å². The second kappa shape index (κ2) is 13.4. The zero-order chi connectivity index (χ0) is 27.8. The number of aryl methyl sites for hydroxylation is 2. The number of carbonyl (C=O) groups is 1. The maximum Gasteiger partial charge on any atom is 0.303 e. The monoisotopic (exact) mass is 522 g/mol. The predicted octanol–water partition coefficient (Wildman–Crippen LogP) is 7.11. The topological polar surface area (TPSA) is 87.0 Å². The third-order valence-electron chi connectivity index (χ3n) is 8.41. The van der Waals surface area contributed by atoms with Crippen LogP contribution in [-0.2, 0) is 10.2 Å². The molecule has 0 heterocycles. The Morgan fingerprint density at radius 3 is 2.24 bits per heavy atom. The third-order valence-corrected chi connectivity index (χ3v) is 8.41. The first-order valence-electron chi connectivity index (χ1n) is 14.3. The van der Waals surface area contributed by atoms with Crippen molar-refractivity contribution in [3.63, 3.8) is 0 Å². The molecule has 3 N–H and O–H groups in total. The summed E-state index contributed by atoms with van der Waals surface area (Å²) in [5.74, 6) is -0.108. The molecule has 0 radical (unpaired) electrons. The van der Waals surface area contributed by atoms with Gasteiger partial charge in [-0.25, -0.2) is 0 Å². The van der Waals surface area contributed by atoms with Gasteiger partial charge in [0.25, 0.3) is 0 Å². The number of carboxylic acid groups (broad SMARTS) is 1. The van der Waals surface area contributed by atoms with E-state index in [0.29, 0.717) is 12.8 Å². The van der Waals surface area contributed by atoms with Crippen LogP contribution in [0.15, 0.2) is 42.5 Å². The highest BCUT2D eigenvalue weighted by Crippen LogP contribution is 2.41. The van der Waals surface area contributed by atoms with Gasteiger partial charge < -0.3 is 20.1 Å². The maximum atomic E-state index is 10.9. The summed E-state index contributed by atoms with van der Waals surface area (Å²) in [6.07, 6.45) is 11.3. The lowest BCUT2D eigenvalue weighted by Crippen LogP contribution is -2.28. The van der Waals surface area contributed by atoms with Crippen LogP contribution in [0.4, 0.5) is 0 Å². The molecule has 1 saturated carbocycles. The van der Waals surface area contributed by atoms with E-state index < -0.39 is 17.7 Å². The molecule has 1 aliphatic rings. The molecule has 0 aliphatic heterocycles. The van der Waals surface area contributed by atoms with Crippen LogP contribution in [0.2, 0.25) is 0 Å². The average Bonchev–Trinajstić information content (AvgIpc) is 2.89. The van der Waals surface area contributed by atoms with Crippen LogP contribution in [-0.4, -0.2) is 39.6 Å². The Balaban J connectivity index is 1.77. The quantitative estimate of drug-likeness (QED) is 0.261. The van der Waals surface area contributed by atoms with Crippen molar-refractivity contribution in [1.82, 2.24) is 0 Å². The predicted molar refractivity (Wildman–Crippen MR) is 154 cm³/mol. The van der Waals surface area contributed by atoms with Crippen molar-refractivity contribution in [2.45, 2.75) is 109 Å². The standard InChI is InChI=1S/C33H46O5/c1-5-33(6-2,27-14-13-26(24(3)21-27)17-20-32(37)18-8-7-9-19-32)28-15-16-30(25(4)22-28)38-23-29(34)11-10-12-31(35)36/h13-17,20-22,29,34,37H,5-12,18-19,23H2,1-4H3,(H,35,36)/b20-17+/t29-/m1/s1. The molecule has 0 amide bonds. The zero-order valence-electron chi connectivity index (χ0n) is 23.6. The molecular formula is C33H46O5. The second-order valence-electron chi connectivity index (χ2n) is 11.1. The van der Waals surface area contributed by atoms with Gasteiger partial charge in [0, 0.05) is 11.8 Å². The Hall–Kier alpha value is -2.63. The lowest BCUT2D eigenvalue weighted by molar-refractivity contribution is -0.137. The molecule has 0 unspecified atom stereocenters. The van der Waals surface area contributed by atoms with Crippen LogP contribution >= 0.6 is 0 Å². The molecule has 0 saturated heterocycles. The van der Waals surface area contributed by atoms with Crippen LogP contribution < -0.4 is 4.74 Å². The third kappa shape index (κ3) is 7.48. The fraction of sp³-hybridized carbons (Fsp3) is 0.545. The highest BCUT2D eigenvalue weighted by molar-refractivity contribution is 5.66. The van der Waals surface area contributed by atoms with Crippen LogP contribution in [0.5, 0.6) is 5.75 Å². The number of ether oxygens (including phenoxy) is 1. The van der Waals surface area contributed by atoms with Gasteiger partial charge in [0.05, 0.1) is 11.7 Å². The van der Waals surface area contributed by atoms with Gasteiger partial charge in [-0.2, -0.15) is 0 Å². The fourth-order valence-corrected chi connectivity index (χ4v) is 5.84. The lowest BCUT2D eigenvalue weighted by atomic mass is 9.70. The summed E-state index contributed by atoms with van der Waals surface area (Å²) in [6, 6.07) is 13.0. The summed E-state index contributed by atoms with van der Waals surface area (Å²) < 4.78 is 5.89. The molecule has 3 rings (SSSR count). The summed E-state index contributed by atoms with van der Waals surface area (Å²) in [5.41, 5.74) is 5.10. The first kappa shape index (κ1) is 29.9. The van der Waals surface area contributed by atoms with E-state index in [0.717, 1.165) is 55.4 Å². The van der Waals surface area contributed by atoms with E-state index >= 15 is 0 Å². The number of rotatable bonds is 13. The number of aliphatic carboxylic acids is 1. The minimum Gasteiger partial charge on any atom is -0.491 e. The minimum absolute atomic E-state index is 0.0554. The normalized spacial score (nSPS) is 16.5. The van der Waals surface area contributed by atoms with Gasteiger partial charge in [0.1, 0.15) is 12.4 Å². The molecule has 1 aliphatic carbocycles. The number of benzene rings is 2. The molecule has 1 fully saturated rings. The van der Waals surface area contributed by atoms with Crippen molar-refractivity contribution in [3.8, 4) is 5.75 Å². The highest BCUT2D eigenvalue weighted by Gasteiger charge is 2.31. The molecule has 5 nitrogen and oxygen atoms in total. The Morgan fingerprint density at radius 2 is 1.66 bits per heavy atom. The van der Waals surface area contributed by atoms with Crippen molar-refractivity contribution in [1.29, 1.82) is 0 Å². The summed E-state index contributed by atoms with van der Waals surface area (Å²) >= 11 is 0. The molecule has 0 bridgehead atoms.